The van der Waals surface area contributed by atoms with Gasteiger partial charge in [-0.15, -0.1) is 0 Å². The zero-order chi connectivity index (χ0) is 11.8. The number of hydrogen-bond acceptors (Lipinski definition) is 1. The SMILES string of the molecule is N[C@@H](c1c(F)ccc(Cl)c1Cl)C(F)(F)F. The van der Waals surface area contributed by atoms with E-state index in [2.05, 4.69) is 0 Å². The fourth-order valence-electron chi connectivity index (χ4n) is 0.992. The summed E-state index contributed by atoms with van der Waals surface area (Å²) in [5, 5.41) is -0.686. The van der Waals surface area contributed by atoms with Crippen LogP contribution in [-0.2, 0) is 0 Å². The summed E-state index contributed by atoms with van der Waals surface area (Å²) in [5.74, 6) is -1.13. The Hall–Kier alpha value is -0.520. The van der Waals surface area contributed by atoms with Crippen LogP contribution < -0.4 is 5.73 Å². The maximum atomic E-state index is 13.1. The Labute approximate surface area is 92.8 Å². The minimum atomic E-state index is -4.77. The van der Waals surface area contributed by atoms with E-state index in [-0.39, 0.29) is 5.02 Å². The molecule has 0 heterocycles. The van der Waals surface area contributed by atoms with Gasteiger partial charge in [-0.2, -0.15) is 13.2 Å². The normalized spacial score (nSPS) is 14.1. The van der Waals surface area contributed by atoms with Gasteiger partial charge in [0, 0.05) is 5.56 Å². The first-order valence-corrected chi connectivity index (χ1v) is 4.46. The summed E-state index contributed by atoms with van der Waals surface area (Å²) in [5.41, 5.74) is 4.00. The highest BCUT2D eigenvalue weighted by Gasteiger charge is 2.40. The molecule has 0 aliphatic carbocycles. The van der Waals surface area contributed by atoms with E-state index in [1.807, 2.05) is 0 Å². The molecule has 0 spiro atoms. The second kappa shape index (κ2) is 4.15. The van der Waals surface area contributed by atoms with Gasteiger partial charge >= 0.3 is 6.18 Å². The van der Waals surface area contributed by atoms with Gasteiger partial charge in [0.15, 0.2) is 0 Å². The molecule has 7 heteroatoms. The molecular formula is C8H5Cl2F4N. The lowest BCUT2D eigenvalue weighted by molar-refractivity contribution is -0.149. The largest absolute Gasteiger partial charge is 0.407 e. The van der Waals surface area contributed by atoms with Crippen molar-refractivity contribution in [1.82, 2.24) is 0 Å². The summed E-state index contributed by atoms with van der Waals surface area (Å²) < 4.78 is 49.8. The van der Waals surface area contributed by atoms with Crippen LogP contribution in [0.5, 0.6) is 0 Å². The van der Waals surface area contributed by atoms with Crippen LogP contribution in [0.4, 0.5) is 17.6 Å². The summed E-state index contributed by atoms with van der Waals surface area (Å²) in [6.07, 6.45) is -4.77. The first-order chi connectivity index (χ1) is 6.75. The predicted molar refractivity (Wildman–Crippen MR) is 49.4 cm³/mol. The summed E-state index contributed by atoms with van der Waals surface area (Å²) in [6, 6.07) is -0.635. The van der Waals surface area contributed by atoms with Crippen LogP contribution >= 0.6 is 23.2 Å². The van der Waals surface area contributed by atoms with E-state index in [9.17, 15) is 17.6 Å². The van der Waals surface area contributed by atoms with Gasteiger partial charge < -0.3 is 5.73 Å². The lowest BCUT2D eigenvalue weighted by Gasteiger charge is -2.18. The lowest BCUT2D eigenvalue weighted by atomic mass is 10.1. The third-order valence-electron chi connectivity index (χ3n) is 1.74. The van der Waals surface area contributed by atoms with Crippen LogP contribution in [0.25, 0.3) is 0 Å². The molecule has 0 aliphatic rings. The molecule has 0 bridgehead atoms. The third kappa shape index (κ3) is 2.53. The number of rotatable bonds is 1. The van der Waals surface area contributed by atoms with E-state index in [1.165, 1.54) is 0 Å². The van der Waals surface area contributed by atoms with Crippen LogP contribution in [0.3, 0.4) is 0 Å². The Kier molecular flexibility index (Phi) is 3.48. The summed E-state index contributed by atoms with van der Waals surface area (Å²) >= 11 is 10.9. The second-order valence-electron chi connectivity index (χ2n) is 2.78. The molecule has 1 atom stereocenters. The highest BCUT2D eigenvalue weighted by atomic mass is 35.5. The van der Waals surface area contributed by atoms with E-state index in [0.29, 0.717) is 0 Å². The molecule has 1 nitrogen and oxygen atoms in total. The third-order valence-corrected chi connectivity index (χ3v) is 2.56. The lowest BCUT2D eigenvalue weighted by Crippen LogP contribution is -2.29. The van der Waals surface area contributed by atoms with Crippen LogP contribution in [-0.4, -0.2) is 6.18 Å². The minimum absolute atomic E-state index is 0.173. The van der Waals surface area contributed by atoms with Gasteiger partial charge in [-0.1, -0.05) is 23.2 Å². The first kappa shape index (κ1) is 12.5. The fourth-order valence-corrected chi connectivity index (χ4v) is 1.43. The van der Waals surface area contributed by atoms with Crippen molar-refractivity contribution >= 4 is 23.2 Å². The molecule has 0 aromatic heterocycles. The zero-order valence-corrected chi connectivity index (χ0v) is 8.59. The van der Waals surface area contributed by atoms with E-state index >= 15 is 0 Å². The first-order valence-electron chi connectivity index (χ1n) is 3.71. The summed E-state index contributed by atoms with van der Waals surface area (Å²) in [7, 11) is 0. The van der Waals surface area contributed by atoms with Crippen LogP contribution in [0.1, 0.15) is 11.6 Å². The average Bonchev–Trinajstić information content (AvgIpc) is 2.10. The predicted octanol–water partition coefficient (Wildman–Crippen LogP) is 3.69. The Balaban J connectivity index is 3.31. The minimum Gasteiger partial charge on any atom is -0.316 e. The van der Waals surface area contributed by atoms with Crippen LogP contribution in [0.15, 0.2) is 12.1 Å². The van der Waals surface area contributed by atoms with Crippen molar-refractivity contribution in [3.8, 4) is 0 Å². The molecule has 2 N–H and O–H groups in total. The molecule has 0 fully saturated rings. The number of halogens is 6. The Morgan fingerprint density at radius 3 is 2.20 bits per heavy atom. The van der Waals surface area contributed by atoms with Crippen molar-refractivity contribution in [2.45, 2.75) is 12.2 Å². The van der Waals surface area contributed by atoms with Gasteiger partial charge in [-0.05, 0) is 12.1 Å². The Morgan fingerprint density at radius 1 is 1.20 bits per heavy atom. The van der Waals surface area contributed by atoms with Crippen molar-refractivity contribution in [3.05, 3.63) is 33.6 Å². The molecule has 0 aliphatic heterocycles. The Bertz CT molecular complexity index is 378. The van der Waals surface area contributed by atoms with Crippen molar-refractivity contribution in [2.75, 3.05) is 0 Å². The molecule has 84 valence electrons. The quantitative estimate of drug-likeness (QED) is 0.606. The molecular weight excluding hydrogens is 257 g/mol. The highest BCUT2D eigenvalue weighted by molar-refractivity contribution is 6.42. The number of alkyl halides is 3. The highest BCUT2D eigenvalue weighted by Crippen LogP contribution is 2.38. The standard InChI is InChI=1S/C8H5Cl2F4N/c9-3-1-2-4(11)5(6(3)10)7(15)8(12,13)14/h1-2,7H,15H2/t7-/m0/s1. The second-order valence-corrected chi connectivity index (χ2v) is 3.56. The van der Waals surface area contributed by atoms with E-state index in [1.54, 1.807) is 0 Å². The molecule has 15 heavy (non-hydrogen) atoms. The monoisotopic (exact) mass is 261 g/mol. The molecule has 1 aromatic rings. The van der Waals surface area contributed by atoms with Crippen molar-refractivity contribution in [2.24, 2.45) is 5.73 Å². The van der Waals surface area contributed by atoms with Crippen LogP contribution in [0.2, 0.25) is 10.0 Å². The van der Waals surface area contributed by atoms with Crippen molar-refractivity contribution in [1.29, 1.82) is 0 Å². The zero-order valence-electron chi connectivity index (χ0n) is 7.08. The van der Waals surface area contributed by atoms with Gasteiger partial charge in [0.25, 0.3) is 0 Å². The topological polar surface area (TPSA) is 26.0 Å². The smallest absolute Gasteiger partial charge is 0.316 e. The molecule has 0 unspecified atom stereocenters. The summed E-state index contributed by atoms with van der Waals surface area (Å²) in [4.78, 5) is 0. The average molecular weight is 262 g/mol. The van der Waals surface area contributed by atoms with Gasteiger partial charge in [-0.25, -0.2) is 4.39 Å². The van der Waals surface area contributed by atoms with E-state index in [0.717, 1.165) is 12.1 Å². The number of hydrogen-bond donors (Lipinski definition) is 1. The van der Waals surface area contributed by atoms with Crippen molar-refractivity contribution < 1.29 is 17.6 Å². The van der Waals surface area contributed by atoms with Gasteiger partial charge in [0.2, 0.25) is 0 Å². The molecule has 1 rings (SSSR count). The maximum Gasteiger partial charge on any atom is 0.407 e. The van der Waals surface area contributed by atoms with Gasteiger partial charge in [0.1, 0.15) is 11.9 Å². The molecule has 0 radical (unpaired) electrons. The Morgan fingerprint density at radius 2 is 1.73 bits per heavy atom. The van der Waals surface area contributed by atoms with Crippen molar-refractivity contribution in [3.63, 3.8) is 0 Å². The maximum absolute atomic E-state index is 13.1. The molecule has 1 aromatic carbocycles. The van der Waals surface area contributed by atoms with E-state index in [4.69, 9.17) is 28.9 Å². The van der Waals surface area contributed by atoms with E-state index < -0.39 is 28.6 Å². The van der Waals surface area contributed by atoms with Gasteiger partial charge in [-0.3, -0.25) is 0 Å². The fraction of sp³-hybridized carbons (Fsp3) is 0.250. The van der Waals surface area contributed by atoms with Crippen LogP contribution in [0, 0.1) is 5.82 Å². The number of benzene rings is 1. The number of nitrogens with two attached hydrogens (primary N) is 1. The summed E-state index contributed by atoms with van der Waals surface area (Å²) in [6.45, 7) is 0. The molecule has 0 saturated heterocycles. The molecule has 0 amide bonds. The van der Waals surface area contributed by atoms with Gasteiger partial charge in [0.05, 0.1) is 10.0 Å². The molecule has 0 saturated carbocycles.